The van der Waals surface area contributed by atoms with Gasteiger partial charge in [0.25, 0.3) is 5.91 Å². The van der Waals surface area contributed by atoms with E-state index in [9.17, 15) is 14.0 Å². The molecule has 4 rings (SSSR count). The number of rotatable bonds is 5. The molecule has 0 aliphatic carbocycles. The highest BCUT2D eigenvalue weighted by molar-refractivity contribution is 6.31. The van der Waals surface area contributed by atoms with Crippen molar-refractivity contribution in [1.29, 1.82) is 0 Å². The van der Waals surface area contributed by atoms with E-state index < -0.39 is 17.8 Å². The maximum absolute atomic E-state index is 14.6. The summed E-state index contributed by atoms with van der Waals surface area (Å²) in [4.78, 5) is 27.8. The zero-order chi connectivity index (χ0) is 19.8. The van der Waals surface area contributed by atoms with E-state index in [1.165, 1.54) is 17.0 Å². The van der Waals surface area contributed by atoms with Crippen molar-refractivity contribution in [3.63, 3.8) is 0 Å². The zero-order valence-corrected chi connectivity index (χ0v) is 15.8. The van der Waals surface area contributed by atoms with E-state index in [2.05, 4.69) is 0 Å². The number of hydrogen-bond donors (Lipinski definition) is 0. The molecule has 0 radical (unpaired) electrons. The van der Waals surface area contributed by atoms with E-state index in [0.717, 1.165) is 0 Å². The van der Waals surface area contributed by atoms with Gasteiger partial charge in [0, 0.05) is 30.8 Å². The third-order valence-corrected chi connectivity index (χ3v) is 5.11. The van der Waals surface area contributed by atoms with Gasteiger partial charge in [0.05, 0.1) is 17.0 Å². The van der Waals surface area contributed by atoms with Crippen molar-refractivity contribution < 1.29 is 18.3 Å². The van der Waals surface area contributed by atoms with E-state index in [4.69, 9.17) is 20.8 Å². The maximum atomic E-state index is 14.6. The van der Waals surface area contributed by atoms with Gasteiger partial charge in [-0.15, -0.1) is 0 Å². The first-order valence-electron chi connectivity index (χ1n) is 8.83. The maximum Gasteiger partial charge on any atom is 0.290 e. The summed E-state index contributed by atoms with van der Waals surface area (Å²) in [6, 6.07) is 9.90. The average Bonchev–Trinajstić information content (AvgIpc) is 2.96. The van der Waals surface area contributed by atoms with Crippen molar-refractivity contribution in [3.8, 4) is 0 Å². The Hall–Kier alpha value is -2.70. The lowest BCUT2D eigenvalue weighted by Gasteiger charge is -2.25. The van der Waals surface area contributed by atoms with Gasteiger partial charge in [-0.3, -0.25) is 9.59 Å². The summed E-state index contributed by atoms with van der Waals surface area (Å²) in [6.45, 7) is 0.732. The number of fused-ring (bicyclic) bond motifs is 2. The molecule has 0 N–H and O–H groups in total. The number of carbonyl (C=O) groups is 1. The van der Waals surface area contributed by atoms with E-state index >= 15 is 0 Å². The monoisotopic (exact) mass is 401 g/mol. The van der Waals surface area contributed by atoms with Crippen LogP contribution in [0.15, 0.2) is 51.7 Å². The van der Waals surface area contributed by atoms with E-state index in [1.54, 1.807) is 37.4 Å². The topological polar surface area (TPSA) is 59.8 Å². The van der Waals surface area contributed by atoms with E-state index in [0.29, 0.717) is 24.6 Å². The molecule has 0 bridgehead atoms. The molecule has 1 aliphatic rings. The predicted octanol–water partition coefficient (Wildman–Crippen LogP) is 4.17. The van der Waals surface area contributed by atoms with Gasteiger partial charge < -0.3 is 14.1 Å². The minimum atomic E-state index is -0.861. The lowest BCUT2D eigenvalue weighted by molar-refractivity contribution is 0.0706. The van der Waals surface area contributed by atoms with Crippen LogP contribution >= 0.6 is 11.6 Å². The third-order valence-electron chi connectivity index (χ3n) is 4.88. The molecule has 7 heteroatoms. The van der Waals surface area contributed by atoms with E-state index in [1.807, 2.05) is 0 Å². The number of halogens is 2. The fourth-order valence-electron chi connectivity index (χ4n) is 3.62. The summed E-state index contributed by atoms with van der Waals surface area (Å²) in [5.41, 5.74) is 0.282. The van der Waals surface area contributed by atoms with Gasteiger partial charge in [-0.25, -0.2) is 4.39 Å². The van der Waals surface area contributed by atoms with Crippen LogP contribution < -0.4 is 5.43 Å². The van der Waals surface area contributed by atoms with Crippen LogP contribution in [-0.2, 0) is 4.74 Å². The van der Waals surface area contributed by atoms with Crippen LogP contribution in [0.2, 0.25) is 5.02 Å². The fraction of sp³-hybridized carbons (Fsp3) is 0.238. The first-order valence-corrected chi connectivity index (χ1v) is 9.21. The summed E-state index contributed by atoms with van der Waals surface area (Å²) in [5, 5.41) is 0.641. The molecule has 1 aromatic heterocycles. The highest BCUT2D eigenvalue weighted by Gasteiger charge is 2.43. The van der Waals surface area contributed by atoms with Crippen LogP contribution in [0.3, 0.4) is 0 Å². The Labute approximate surface area is 165 Å². The Morgan fingerprint density at radius 1 is 1.21 bits per heavy atom. The first kappa shape index (κ1) is 18.7. The SMILES string of the molecule is COCCCN1C(=O)c2oc3ccc(Cl)cc3c(=O)c2[C@H]1c1ccccc1F. The van der Waals surface area contributed by atoms with Crippen molar-refractivity contribution in [2.24, 2.45) is 0 Å². The van der Waals surface area contributed by atoms with Gasteiger partial charge >= 0.3 is 0 Å². The number of nitrogens with zero attached hydrogens (tertiary/aromatic N) is 1. The van der Waals surface area contributed by atoms with Crippen LogP contribution in [-0.4, -0.2) is 31.1 Å². The van der Waals surface area contributed by atoms with Crippen LogP contribution in [0.25, 0.3) is 11.0 Å². The second-order valence-corrected chi connectivity index (χ2v) is 7.02. The predicted molar refractivity (Wildman–Crippen MR) is 103 cm³/mol. The molecule has 1 atom stereocenters. The molecule has 0 fully saturated rings. The number of ether oxygens (including phenoxy) is 1. The molecule has 3 aromatic rings. The van der Waals surface area contributed by atoms with Crippen molar-refractivity contribution in [3.05, 3.63) is 80.4 Å². The van der Waals surface area contributed by atoms with Gasteiger partial charge in [-0.1, -0.05) is 29.8 Å². The molecule has 2 aromatic carbocycles. The Bertz CT molecular complexity index is 1130. The third kappa shape index (κ3) is 2.99. The summed E-state index contributed by atoms with van der Waals surface area (Å²) < 4.78 is 25.5. The Morgan fingerprint density at radius 3 is 2.75 bits per heavy atom. The normalized spacial score (nSPS) is 16.0. The Kier molecular flexibility index (Phi) is 4.91. The summed E-state index contributed by atoms with van der Waals surface area (Å²) in [5.74, 6) is -0.978. The molecule has 1 aliphatic heterocycles. The van der Waals surface area contributed by atoms with Crippen molar-refractivity contribution >= 4 is 28.5 Å². The molecule has 28 heavy (non-hydrogen) atoms. The molecule has 5 nitrogen and oxygen atoms in total. The molecule has 144 valence electrons. The second kappa shape index (κ2) is 7.37. The van der Waals surface area contributed by atoms with Crippen LogP contribution in [0, 0.1) is 5.82 Å². The second-order valence-electron chi connectivity index (χ2n) is 6.58. The minimum absolute atomic E-state index is 0.0505. The number of carbonyl (C=O) groups excluding carboxylic acids is 1. The zero-order valence-electron chi connectivity index (χ0n) is 15.1. The Balaban J connectivity index is 1.95. The first-order chi connectivity index (χ1) is 13.5. The van der Waals surface area contributed by atoms with E-state index in [-0.39, 0.29) is 33.3 Å². The standard InChI is InChI=1S/C21H17ClFNO4/c1-27-10-4-9-24-18(13-5-2-3-6-15(13)23)17-19(25)14-11-12(22)7-8-16(14)28-20(17)21(24)26/h2-3,5-8,11,18H,4,9-10H2,1H3/t18-/m1/s1. The van der Waals surface area contributed by atoms with Gasteiger partial charge in [0.2, 0.25) is 5.76 Å². The lowest BCUT2D eigenvalue weighted by atomic mass is 9.98. The van der Waals surface area contributed by atoms with Gasteiger partial charge in [-0.05, 0) is 30.7 Å². The van der Waals surface area contributed by atoms with Crippen molar-refractivity contribution in [1.82, 2.24) is 4.90 Å². The quantitative estimate of drug-likeness (QED) is 0.602. The van der Waals surface area contributed by atoms with Crippen molar-refractivity contribution in [2.75, 3.05) is 20.3 Å². The van der Waals surface area contributed by atoms with Gasteiger partial charge in [-0.2, -0.15) is 0 Å². The Morgan fingerprint density at radius 2 is 2.00 bits per heavy atom. The van der Waals surface area contributed by atoms with Gasteiger partial charge in [0.15, 0.2) is 5.43 Å². The number of benzene rings is 2. The largest absolute Gasteiger partial charge is 0.450 e. The molecular formula is C21H17ClFNO4. The molecule has 0 saturated heterocycles. The van der Waals surface area contributed by atoms with Gasteiger partial charge in [0.1, 0.15) is 11.4 Å². The lowest BCUT2D eigenvalue weighted by Crippen LogP contribution is -2.31. The van der Waals surface area contributed by atoms with Crippen molar-refractivity contribution in [2.45, 2.75) is 12.5 Å². The molecule has 0 saturated carbocycles. The number of amides is 1. The summed E-state index contributed by atoms with van der Waals surface area (Å²) in [7, 11) is 1.57. The minimum Gasteiger partial charge on any atom is -0.450 e. The fourth-order valence-corrected chi connectivity index (χ4v) is 3.79. The van der Waals surface area contributed by atoms with Crippen LogP contribution in [0.5, 0.6) is 0 Å². The molecule has 1 amide bonds. The summed E-state index contributed by atoms with van der Waals surface area (Å²) in [6.07, 6.45) is 0.542. The smallest absolute Gasteiger partial charge is 0.290 e. The van der Waals surface area contributed by atoms with Crippen LogP contribution in [0.1, 0.15) is 34.1 Å². The molecule has 2 heterocycles. The van der Waals surface area contributed by atoms with Crippen LogP contribution in [0.4, 0.5) is 4.39 Å². The number of methoxy groups -OCH3 is 1. The number of hydrogen-bond acceptors (Lipinski definition) is 4. The summed E-state index contributed by atoms with van der Waals surface area (Å²) >= 11 is 6.03. The highest BCUT2D eigenvalue weighted by atomic mass is 35.5. The average molecular weight is 402 g/mol. The molecule has 0 spiro atoms. The highest BCUT2D eigenvalue weighted by Crippen LogP contribution is 2.39. The molecular weight excluding hydrogens is 385 g/mol. The molecule has 0 unspecified atom stereocenters.